The Morgan fingerprint density at radius 1 is 1.05 bits per heavy atom. The zero-order valence-corrected chi connectivity index (χ0v) is 24.7. The third-order valence-electron chi connectivity index (χ3n) is 9.65. The number of hydrogen-bond donors (Lipinski definition) is 1. The van der Waals surface area contributed by atoms with E-state index in [4.69, 9.17) is 0 Å². The van der Waals surface area contributed by atoms with Crippen LogP contribution in [0.5, 0.6) is 0 Å². The SMILES string of the molecule is CCN(C(=O)c1cc(F)ccc1-n1cc(C(=O)C2CCN(C(=O)C3NC4CCC3CC4)CC2)c2ccncc21)C(C)C. The molecule has 1 unspecified atom stereocenters. The number of nitrogens with one attached hydrogen (secondary N) is 1. The summed E-state index contributed by atoms with van der Waals surface area (Å²) in [5, 5.41) is 4.31. The number of carbonyl (C=O) groups is 3. The standard InChI is InChI=1S/C33H40FN5O3/c1-4-38(20(2)3)32(41)26-17-23(34)7-10-28(26)39-19-27(25-11-14-35-18-29(25)39)31(40)22-12-15-37(16-13-22)33(42)30-21-5-8-24(36-30)9-6-21/h7,10-11,14,17-22,24,30,36H,4-6,8-9,12-13,15-16H2,1-3H3. The van der Waals surface area contributed by atoms with E-state index in [1.807, 2.05) is 31.7 Å². The molecule has 3 saturated heterocycles. The molecule has 4 fully saturated rings. The summed E-state index contributed by atoms with van der Waals surface area (Å²) in [6, 6.07) is 6.34. The number of ketones is 1. The van der Waals surface area contributed by atoms with Gasteiger partial charge in [0.15, 0.2) is 5.78 Å². The molecule has 9 heteroatoms. The fraction of sp³-hybridized carbons (Fsp3) is 0.515. The molecule has 2 aromatic heterocycles. The number of carbonyl (C=O) groups excluding carboxylic acids is 3. The topological polar surface area (TPSA) is 87.5 Å². The number of pyridine rings is 1. The monoisotopic (exact) mass is 573 g/mol. The van der Waals surface area contributed by atoms with Crippen LogP contribution < -0.4 is 5.32 Å². The summed E-state index contributed by atoms with van der Waals surface area (Å²) in [5.41, 5.74) is 1.98. The number of halogens is 1. The summed E-state index contributed by atoms with van der Waals surface area (Å²) < 4.78 is 16.2. The maximum Gasteiger partial charge on any atom is 0.256 e. The Kier molecular flexibility index (Phi) is 7.87. The Labute approximate surface area is 246 Å². The lowest BCUT2D eigenvalue weighted by molar-refractivity contribution is -0.138. The highest BCUT2D eigenvalue weighted by molar-refractivity contribution is 6.10. The largest absolute Gasteiger partial charge is 0.341 e. The zero-order valence-electron chi connectivity index (χ0n) is 24.7. The molecule has 3 aliphatic heterocycles. The van der Waals surface area contributed by atoms with Crippen molar-refractivity contribution in [1.29, 1.82) is 0 Å². The Hall–Kier alpha value is -3.59. The van der Waals surface area contributed by atoms with Gasteiger partial charge in [-0.25, -0.2) is 4.39 Å². The molecule has 42 heavy (non-hydrogen) atoms. The summed E-state index contributed by atoms with van der Waals surface area (Å²) in [6.45, 7) is 7.40. The van der Waals surface area contributed by atoms with Crippen molar-refractivity contribution in [3.8, 4) is 5.69 Å². The quantitative estimate of drug-likeness (QED) is 0.403. The van der Waals surface area contributed by atoms with Crippen LogP contribution in [-0.2, 0) is 4.79 Å². The lowest BCUT2D eigenvalue weighted by atomic mass is 9.75. The van der Waals surface area contributed by atoms with Crippen LogP contribution in [0, 0.1) is 17.7 Å². The number of benzene rings is 1. The summed E-state index contributed by atoms with van der Waals surface area (Å²) in [4.78, 5) is 48.8. The van der Waals surface area contributed by atoms with Crippen molar-refractivity contribution >= 4 is 28.5 Å². The maximum atomic E-state index is 14.5. The van der Waals surface area contributed by atoms with Gasteiger partial charge in [0.2, 0.25) is 5.91 Å². The zero-order chi connectivity index (χ0) is 29.5. The first-order valence-corrected chi connectivity index (χ1v) is 15.4. The Morgan fingerprint density at radius 3 is 2.43 bits per heavy atom. The minimum Gasteiger partial charge on any atom is -0.341 e. The summed E-state index contributed by atoms with van der Waals surface area (Å²) in [6.07, 6.45) is 10.9. The summed E-state index contributed by atoms with van der Waals surface area (Å²) in [7, 11) is 0. The number of piperidine rings is 3. The molecule has 8 nitrogen and oxygen atoms in total. The van der Waals surface area contributed by atoms with Gasteiger partial charge in [-0.3, -0.25) is 19.4 Å². The number of aromatic nitrogens is 2. The second kappa shape index (κ2) is 11.6. The van der Waals surface area contributed by atoms with Gasteiger partial charge < -0.3 is 19.7 Å². The number of amides is 2. The number of rotatable bonds is 7. The predicted molar refractivity (Wildman–Crippen MR) is 159 cm³/mol. The van der Waals surface area contributed by atoms with E-state index in [2.05, 4.69) is 10.3 Å². The van der Waals surface area contributed by atoms with E-state index < -0.39 is 5.82 Å². The molecule has 1 aliphatic carbocycles. The number of Topliss-reactive ketones (excluding diaryl/α,β-unsaturated/α-hetero) is 1. The minimum absolute atomic E-state index is 0.0271. The van der Waals surface area contributed by atoms with E-state index in [1.54, 1.807) is 34.1 Å². The molecular weight excluding hydrogens is 533 g/mol. The molecule has 4 aliphatic rings. The van der Waals surface area contributed by atoms with Crippen LogP contribution in [0.15, 0.2) is 42.9 Å². The molecule has 1 aromatic carbocycles. The van der Waals surface area contributed by atoms with Gasteiger partial charge in [0.1, 0.15) is 5.82 Å². The number of hydrogen-bond acceptors (Lipinski definition) is 5. The van der Waals surface area contributed by atoms with Crippen molar-refractivity contribution < 1.29 is 18.8 Å². The number of likely N-dealkylation sites (tertiary alicyclic amines) is 1. The molecule has 5 heterocycles. The molecule has 3 aromatic rings. The molecule has 0 spiro atoms. The van der Waals surface area contributed by atoms with Crippen LogP contribution in [0.1, 0.15) is 80.0 Å². The Bertz CT molecular complexity index is 1500. The van der Waals surface area contributed by atoms with Gasteiger partial charge in [0.05, 0.1) is 29.0 Å². The molecule has 7 rings (SSSR count). The fourth-order valence-electron chi connectivity index (χ4n) is 7.32. The van der Waals surface area contributed by atoms with E-state index in [0.29, 0.717) is 61.2 Å². The first-order chi connectivity index (χ1) is 20.3. The molecule has 1 atom stereocenters. The van der Waals surface area contributed by atoms with Crippen molar-refractivity contribution in [2.24, 2.45) is 11.8 Å². The van der Waals surface area contributed by atoms with Crippen molar-refractivity contribution in [2.45, 2.75) is 77.4 Å². The first kappa shape index (κ1) is 28.5. The summed E-state index contributed by atoms with van der Waals surface area (Å²) >= 11 is 0. The van der Waals surface area contributed by atoms with Crippen LogP contribution in [0.2, 0.25) is 0 Å². The van der Waals surface area contributed by atoms with Crippen LogP contribution in [0.4, 0.5) is 4.39 Å². The Balaban J connectivity index is 1.26. The maximum absolute atomic E-state index is 14.5. The van der Waals surface area contributed by atoms with Crippen LogP contribution >= 0.6 is 0 Å². The second-order valence-corrected chi connectivity index (χ2v) is 12.4. The van der Waals surface area contributed by atoms with E-state index in [1.165, 1.54) is 12.1 Å². The van der Waals surface area contributed by atoms with Gasteiger partial charge in [-0.2, -0.15) is 0 Å². The molecular formula is C33H40FN5O3. The highest BCUT2D eigenvalue weighted by Gasteiger charge is 2.41. The molecule has 222 valence electrons. The Morgan fingerprint density at radius 2 is 1.79 bits per heavy atom. The molecule has 1 saturated carbocycles. The molecule has 0 radical (unpaired) electrons. The number of fused-ring (bicyclic) bond motifs is 4. The van der Waals surface area contributed by atoms with Gasteiger partial charge in [-0.05, 0) is 89.5 Å². The van der Waals surface area contributed by atoms with Gasteiger partial charge in [0.25, 0.3) is 5.91 Å². The van der Waals surface area contributed by atoms with Gasteiger partial charge in [0, 0.05) is 61.0 Å². The molecule has 2 bridgehead atoms. The van der Waals surface area contributed by atoms with Crippen LogP contribution in [-0.4, -0.2) is 74.7 Å². The van der Waals surface area contributed by atoms with E-state index >= 15 is 0 Å². The van der Waals surface area contributed by atoms with E-state index in [9.17, 15) is 18.8 Å². The second-order valence-electron chi connectivity index (χ2n) is 12.4. The third kappa shape index (κ3) is 5.12. The highest BCUT2D eigenvalue weighted by atomic mass is 19.1. The van der Waals surface area contributed by atoms with E-state index in [-0.39, 0.29) is 41.2 Å². The first-order valence-electron chi connectivity index (χ1n) is 15.4. The molecule has 1 N–H and O–H groups in total. The smallest absolute Gasteiger partial charge is 0.256 e. The van der Waals surface area contributed by atoms with Gasteiger partial charge >= 0.3 is 0 Å². The van der Waals surface area contributed by atoms with Crippen molar-refractivity contribution in [3.63, 3.8) is 0 Å². The van der Waals surface area contributed by atoms with Crippen molar-refractivity contribution in [1.82, 2.24) is 24.7 Å². The van der Waals surface area contributed by atoms with Crippen molar-refractivity contribution in [3.05, 3.63) is 59.8 Å². The lowest BCUT2D eigenvalue weighted by Crippen LogP contribution is -2.60. The average molecular weight is 574 g/mol. The normalized spacial score (nSPS) is 22.6. The highest BCUT2D eigenvalue weighted by Crippen LogP contribution is 2.35. The van der Waals surface area contributed by atoms with Crippen LogP contribution in [0.25, 0.3) is 16.6 Å². The lowest BCUT2D eigenvalue weighted by Gasteiger charge is -2.45. The van der Waals surface area contributed by atoms with E-state index in [0.717, 1.165) is 31.1 Å². The van der Waals surface area contributed by atoms with Gasteiger partial charge in [-0.15, -0.1) is 0 Å². The van der Waals surface area contributed by atoms with Gasteiger partial charge in [-0.1, -0.05) is 0 Å². The fourth-order valence-corrected chi connectivity index (χ4v) is 7.32. The minimum atomic E-state index is -0.495. The average Bonchev–Trinajstić information content (AvgIpc) is 3.40. The van der Waals surface area contributed by atoms with Crippen LogP contribution in [0.3, 0.4) is 0 Å². The number of nitrogens with zero attached hydrogens (tertiary/aromatic N) is 4. The third-order valence-corrected chi connectivity index (χ3v) is 9.65. The summed E-state index contributed by atoms with van der Waals surface area (Å²) in [5.74, 6) is -0.324. The predicted octanol–water partition coefficient (Wildman–Crippen LogP) is 4.99. The molecule has 2 amide bonds. The van der Waals surface area contributed by atoms with Crippen molar-refractivity contribution in [2.75, 3.05) is 19.6 Å².